The second-order valence-corrected chi connectivity index (χ2v) is 6.67. The predicted molar refractivity (Wildman–Crippen MR) is 101 cm³/mol. The van der Waals surface area contributed by atoms with Crippen LogP contribution in [0.5, 0.6) is 5.75 Å². The van der Waals surface area contributed by atoms with Crippen LogP contribution in [0.15, 0.2) is 46.9 Å². The highest BCUT2D eigenvalue weighted by molar-refractivity contribution is 9.10. The summed E-state index contributed by atoms with van der Waals surface area (Å²) in [6.45, 7) is 2.51. The number of hydrogen-bond acceptors (Lipinski definition) is 3. The van der Waals surface area contributed by atoms with Crippen LogP contribution in [0.25, 0.3) is 0 Å². The molecule has 0 radical (unpaired) electrons. The summed E-state index contributed by atoms with van der Waals surface area (Å²) >= 11 is 3.44. The van der Waals surface area contributed by atoms with Crippen LogP contribution in [0.3, 0.4) is 0 Å². The highest BCUT2D eigenvalue weighted by atomic mass is 79.9. The molecule has 25 heavy (non-hydrogen) atoms. The fraction of sp³-hybridized carbons (Fsp3) is 0.263. The van der Waals surface area contributed by atoms with Crippen molar-refractivity contribution in [3.63, 3.8) is 0 Å². The SMILES string of the molecule is CCOc1ccc(NC(=O)CN2C(=O)CCc3cc(Br)ccc32)cc1. The highest BCUT2D eigenvalue weighted by Crippen LogP contribution is 2.30. The summed E-state index contributed by atoms with van der Waals surface area (Å²) in [4.78, 5) is 26.2. The third-order valence-electron chi connectivity index (χ3n) is 3.99. The van der Waals surface area contributed by atoms with Gasteiger partial charge in [-0.3, -0.25) is 9.59 Å². The predicted octanol–water partition coefficient (Wildman–Crippen LogP) is 3.77. The maximum Gasteiger partial charge on any atom is 0.244 e. The zero-order chi connectivity index (χ0) is 17.8. The molecule has 1 N–H and O–H groups in total. The van der Waals surface area contributed by atoms with Gasteiger partial charge in [-0.25, -0.2) is 0 Å². The number of rotatable bonds is 5. The minimum atomic E-state index is -0.228. The molecule has 6 heteroatoms. The van der Waals surface area contributed by atoms with Crippen molar-refractivity contribution < 1.29 is 14.3 Å². The van der Waals surface area contributed by atoms with E-state index in [0.717, 1.165) is 21.5 Å². The lowest BCUT2D eigenvalue weighted by atomic mass is 10.0. The van der Waals surface area contributed by atoms with Crippen molar-refractivity contribution in [1.82, 2.24) is 0 Å². The molecule has 0 aliphatic carbocycles. The zero-order valence-corrected chi connectivity index (χ0v) is 15.5. The van der Waals surface area contributed by atoms with Crippen LogP contribution in [-0.4, -0.2) is 25.0 Å². The summed E-state index contributed by atoms with van der Waals surface area (Å²) in [5, 5.41) is 2.82. The molecule has 130 valence electrons. The van der Waals surface area contributed by atoms with E-state index in [0.29, 0.717) is 25.1 Å². The van der Waals surface area contributed by atoms with Gasteiger partial charge in [-0.15, -0.1) is 0 Å². The van der Waals surface area contributed by atoms with Crippen LogP contribution in [0.4, 0.5) is 11.4 Å². The number of fused-ring (bicyclic) bond motifs is 1. The van der Waals surface area contributed by atoms with Crippen LogP contribution >= 0.6 is 15.9 Å². The first-order valence-electron chi connectivity index (χ1n) is 8.18. The van der Waals surface area contributed by atoms with Crippen molar-refractivity contribution in [2.45, 2.75) is 19.8 Å². The summed E-state index contributed by atoms with van der Waals surface area (Å²) in [5.41, 5.74) is 2.55. The van der Waals surface area contributed by atoms with Crippen LogP contribution in [0.1, 0.15) is 18.9 Å². The average molecular weight is 403 g/mol. The van der Waals surface area contributed by atoms with Gasteiger partial charge in [-0.2, -0.15) is 0 Å². The summed E-state index contributed by atoms with van der Waals surface area (Å²) in [7, 11) is 0. The molecule has 1 heterocycles. The molecule has 0 saturated carbocycles. The number of aryl methyl sites for hydroxylation is 1. The zero-order valence-electron chi connectivity index (χ0n) is 13.9. The molecule has 0 atom stereocenters. The van der Waals surface area contributed by atoms with Gasteiger partial charge in [0.05, 0.1) is 6.61 Å². The molecule has 0 bridgehead atoms. The van der Waals surface area contributed by atoms with Crippen molar-refractivity contribution in [3.05, 3.63) is 52.5 Å². The number of carbonyl (C=O) groups is 2. The number of benzene rings is 2. The Labute approximate surface area is 155 Å². The fourth-order valence-corrected chi connectivity index (χ4v) is 3.26. The van der Waals surface area contributed by atoms with Gasteiger partial charge in [0.15, 0.2) is 0 Å². The lowest BCUT2D eigenvalue weighted by Crippen LogP contribution is -2.40. The van der Waals surface area contributed by atoms with Crippen LogP contribution < -0.4 is 15.0 Å². The summed E-state index contributed by atoms with van der Waals surface area (Å²) in [6, 6.07) is 12.9. The van der Waals surface area contributed by atoms with Crippen LogP contribution in [-0.2, 0) is 16.0 Å². The summed E-state index contributed by atoms with van der Waals surface area (Å²) in [6.07, 6.45) is 1.12. The Bertz CT molecular complexity index is 790. The van der Waals surface area contributed by atoms with E-state index in [9.17, 15) is 9.59 Å². The molecule has 3 rings (SSSR count). The van der Waals surface area contributed by atoms with Crippen molar-refractivity contribution in [1.29, 1.82) is 0 Å². The molecular weight excluding hydrogens is 384 g/mol. The molecule has 2 aromatic rings. The number of carbonyl (C=O) groups excluding carboxylic acids is 2. The lowest BCUT2D eigenvalue weighted by Gasteiger charge is -2.29. The molecule has 0 saturated heterocycles. The van der Waals surface area contributed by atoms with Gasteiger partial charge in [0.1, 0.15) is 12.3 Å². The molecule has 5 nitrogen and oxygen atoms in total. The van der Waals surface area contributed by atoms with Gasteiger partial charge in [0.25, 0.3) is 0 Å². The molecule has 1 aliphatic heterocycles. The van der Waals surface area contributed by atoms with Gasteiger partial charge in [-0.05, 0) is 61.4 Å². The number of halogens is 1. The number of hydrogen-bond donors (Lipinski definition) is 1. The quantitative estimate of drug-likeness (QED) is 0.827. The third-order valence-corrected chi connectivity index (χ3v) is 4.49. The Morgan fingerprint density at radius 3 is 2.68 bits per heavy atom. The summed E-state index contributed by atoms with van der Waals surface area (Å²) in [5.74, 6) is 0.496. The average Bonchev–Trinajstić information content (AvgIpc) is 2.59. The van der Waals surface area contributed by atoms with Gasteiger partial charge in [-0.1, -0.05) is 15.9 Å². The number of amides is 2. The van der Waals surface area contributed by atoms with Crippen LogP contribution in [0, 0.1) is 0 Å². The Morgan fingerprint density at radius 2 is 1.96 bits per heavy atom. The lowest BCUT2D eigenvalue weighted by molar-refractivity contribution is -0.121. The fourth-order valence-electron chi connectivity index (χ4n) is 2.85. The van der Waals surface area contributed by atoms with Crippen molar-refractivity contribution >= 4 is 39.1 Å². The first-order chi connectivity index (χ1) is 12.1. The number of nitrogens with one attached hydrogen (secondary N) is 1. The van der Waals surface area contributed by atoms with E-state index in [2.05, 4.69) is 21.2 Å². The monoisotopic (exact) mass is 402 g/mol. The van der Waals surface area contributed by atoms with E-state index in [1.807, 2.05) is 25.1 Å². The van der Waals surface area contributed by atoms with E-state index in [4.69, 9.17) is 4.74 Å². The van der Waals surface area contributed by atoms with Gasteiger partial charge < -0.3 is 15.0 Å². The van der Waals surface area contributed by atoms with E-state index in [1.165, 1.54) is 0 Å². The molecule has 2 aromatic carbocycles. The maximum atomic E-state index is 12.4. The number of ether oxygens (including phenoxy) is 1. The minimum Gasteiger partial charge on any atom is -0.494 e. The largest absolute Gasteiger partial charge is 0.494 e. The molecule has 2 amide bonds. The van der Waals surface area contributed by atoms with Crippen LogP contribution in [0.2, 0.25) is 0 Å². The Hall–Kier alpha value is -2.34. The smallest absolute Gasteiger partial charge is 0.244 e. The van der Waals surface area contributed by atoms with Crippen molar-refractivity contribution in [2.75, 3.05) is 23.4 Å². The van der Waals surface area contributed by atoms with E-state index in [1.54, 1.807) is 29.2 Å². The van der Waals surface area contributed by atoms with E-state index >= 15 is 0 Å². The first-order valence-corrected chi connectivity index (χ1v) is 8.97. The number of nitrogens with zero attached hydrogens (tertiary/aromatic N) is 1. The second kappa shape index (κ2) is 7.70. The standard InChI is InChI=1S/C19H19BrN2O3/c1-2-25-16-7-5-15(6-8-16)21-18(23)12-22-17-9-4-14(20)11-13(17)3-10-19(22)24/h4-9,11H,2-3,10,12H2,1H3,(H,21,23). The topological polar surface area (TPSA) is 58.6 Å². The first kappa shape index (κ1) is 17.5. The van der Waals surface area contributed by atoms with Crippen molar-refractivity contribution in [3.8, 4) is 5.75 Å². The van der Waals surface area contributed by atoms with E-state index < -0.39 is 0 Å². The molecular formula is C19H19BrN2O3. The minimum absolute atomic E-state index is 0.000672. The van der Waals surface area contributed by atoms with Crippen molar-refractivity contribution in [2.24, 2.45) is 0 Å². The second-order valence-electron chi connectivity index (χ2n) is 5.76. The third kappa shape index (κ3) is 4.20. The molecule has 1 aliphatic rings. The van der Waals surface area contributed by atoms with Gasteiger partial charge in [0.2, 0.25) is 11.8 Å². The van der Waals surface area contributed by atoms with E-state index in [-0.39, 0.29) is 18.4 Å². The molecule has 0 aromatic heterocycles. The highest BCUT2D eigenvalue weighted by Gasteiger charge is 2.26. The maximum absolute atomic E-state index is 12.4. The number of anilines is 2. The molecule has 0 unspecified atom stereocenters. The Kier molecular flexibility index (Phi) is 5.38. The molecule has 0 spiro atoms. The summed E-state index contributed by atoms with van der Waals surface area (Å²) < 4.78 is 6.35. The molecule has 0 fully saturated rings. The van der Waals surface area contributed by atoms with Gasteiger partial charge in [0, 0.05) is 22.3 Å². The normalized spacial score (nSPS) is 13.4. The Balaban J connectivity index is 1.69. The Morgan fingerprint density at radius 1 is 1.20 bits per heavy atom. The van der Waals surface area contributed by atoms with Gasteiger partial charge >= 0.3 is 0 Å².